The summed E-state index contributed by atoms with van der Waals surface area (Å²) in [6, 6.07) is 15.3. The lowest BCUT2D eigenvalue weighted by Gasteiger charge is -2.07. The van der Waals surface area contributed by atoms with Gasteiger partial charge >= 0.3 is 5.97 Å². The number of pyridine rings is 1. The van der Waals surface area contributed by atoms with Gasteiger partial charge in [-0.15, -0.1) is 0 Å². The summed E-state index contributed by atoms with van der Waals surface area (Å²) in [7, 11) is 0. The molecule has 1 aromatic heterocycles. The normalized spacial score (nSPS) is 10.1. The highest BCUT2D eigenvalue weighted by Crippen LogP contribution is 2.25. The number of carbonyl (C=O) groups excluding carboxylic acids is 1. The number of esters is 1. The summed E-state index contributed by atoms with van der Waals surface area (Å²) in [6.07, 6.45) is 3.02. The van der Waals surface area contributed by atoms with Crippen molar-refractivity contribution in [1.29, 1.82) is 0 Å². The van der Waals surface area contributed by atoms with Crippen LogP contribution in [0.25, 0.3) is 0 Å². The van der Waals surface area contributed by atoms with Crippen LogP contribution in [0.5, 0.6) is 17.2 Å². The molecule has 0 spiro atoms. The number of hydrogen-bond donors (Lipinski definition) is 0. The Morgan fingerprint density at radius 2 is 1.36 bits per heavy atom. The Morgan fingerprint density at radius 1 is 0.840 bits per heavy atom. The summed E-state index contributed by atoms with van der Waals surface area (Å²) in [6.45, 7) is 0. The SMILES string of the molecule is O=C(Oc1ccc(Oc2ccc([N+](=O)[O-])cc2)cc1)c1ccncc1. The molecule has 0 N–H and O–H groups in total. The average molecular weight is 336 g/mol. The molecule has 0 aliphatic carbocycles. The number of ether oxygens (including phenoxy) is 2. The molecule has 2 aromatic carbocycles. The number of rotatable bonds is 5. The number of benzene rings is 2. The Labute approximate surface area is 142 Å². The van der Waals surface area contributed by atoms with Crippen molar-refractivity contribution in [3.63, 3.8) is 0 Å². The van der Waals surface area contributed by atoms with E-state index >= 15 is 0 Å². The smallest absolute Gasteiger partial charge is 0.343 e. The fourth-order valence-corrected chi connectivity index (χ4v) is 2.00. The second kappa shape index (κ2) is 7.22. The number of non-ortho nitro benzene ring substituents is 1. The van der Waals surface area contributed by atoms with Crippen molar-refractivity contribution in [1.82, 2.24) is 4.98 Å². The third-order valence-corrected chi connectivity index (χ3v) is 3.23. The Morgan fingerprint density at radius 3 is 1.92 bits per heavy atom. The minimum Gasteiger partial charge on any atom is -0.457 e. The first-order valence-electron chi connectivity index (χ1n) is 7.26. The number of nitro groups is 1. The van der Waals surface area contributed by atoms with Crippen LogP contribution in [0.4, 0.5) is 5.69 Å². The molecule has 7 nitrogen and oxygen atoms in total. The van der Waals surface area contributed by atoms with E-state index < -0.39 is 10.9 Å². The van der Waals surface area contributed by atoms with Crippen LogP contribution in [0.2, 0.25) is 0 Å². The Balaban J connectivity index is 1.64. The van der Waals surface area contributed by atoms with E-state index in [4.69, 9.17) is 9.47 Å². The molecule has 0 aliphatic heterocycles. The van der Waals surface area contributed by atoms with Gasteiger partial charge in [-0.25, -0.2) is 4.79 Å². The van der Waals surface area contributed by atoms with Gasteiger partial charge in [0.2, 0.25) is 0 Å². The zero-order valence-corrected chi connectivity index (χ0v) is 12.9. The fourth-order valence-electron chi connectivity index (χ4n) is 2.00. The van der Waals surface area contributed by atoms with Crippen molar-refractivity contribution in [3.05, 3.63) is 88.7 Å². The maximum Gasteiger partial charge on any atom is 0.343 e. The summed E-state index contributed by atoms with van der Waals surface area (Å²) in [5.74, 6) is 0.869. The van der Waals surface area contributed by atoms with Crippen LogP contribution in [-0.2, 0) is 0 Å². The van der Waals surface area contributed by atoms with Crippen LogP contribution < -0.4 is 9.47 Å². The fraction of sp³-hybridized carbons (Fsp3) is 0. The topological polar surface area (TPSA) is 91.6 Å². The third kappa shape index (κ3) is 4.17. The lowest BCUT2D eigenvalue weighted by atomic mass is 10.2. The first-order valence-corrected chi connectivity index (χ1v) is 7.26. The predicted molar refractivity (Wildman–Crippen MR) is 88.8 cm³/mol. The van der Waals surface area contributed by atoms with Crippen molar-refractivity contribution >= 4 is 11.7 Å². The van der Waals surface area contributed by atoms with Gasteiger partial charge < -0.3 is 9.47 Å². The number of hydrogen-bond acceptors (Lipinski definition) is 6. The lowest BCUT2D eigenvalue weighted by Crippen LogP contribution is -2.08. The molecular formula is C18H12N2O5. The van der Waals surface area contributed by atoms with Gasteiger partial charge in [-0.2, -0.15) is 0 Å². The zero-order valence-electron chi connectivity index (χ0n) is 12.9. The quantitative estimate of drug-likeness (QED) is 0.303. The molecule has 3 rings (SSSR count). The van der Waals surface area contributed by atoms with Crippen molar-refractivity contribution in [2.75, 3.05) is 0 Å². The Kier molecular flexibility index (Phi) is 4.66. The van der Waals surface area contributed by atoms with Crippen LogP contribution in [0.3, 0.4) is 0 Å². The second-order valence-corrected chi connectivity index (χ2v) is 4.95. The van der Waals surface area contributed by atoms with Gasteiger partial charge in [0.15, 0.2) is 0 Å². The predicted octanol–water partition coefficient (Wildman–Crippen LogP) is 4.00. The highest BCUT2D eigenvalue weighted by molar-refractivity contribution is 5.90. The van der Waals surface area contributed by atoms with Crippen molar-refractivity contribution < 1.29 is 19.2 Å². The van der Waals surface area contributed by atoms with Crippen molar-refractivity contribution in [3.8, 4) is 17.2 Å². The minimum atomic E-state index is -0.480. The van der Waals surface area contributed by atoms with Gasteiger partial charge in [-0.3, -0.25) is 15.1 Å². The molecular weight excluding hydrogens is 324 g/mol. The molecule has 0 bridgehead atoms. The Hall–Kier alpha value is -3.74. The van der Waals surface area contributed by atoms with E-state index in [1.807, 2.05) is 0 Å². The van der Waals surface area contributed by atoms with Crippen LogP contribution in [-0.4, -0.2) is 15.9 Å². The third-order valence-electron chi connectivity index (χ3n) is 3.23. The maximum atomic E-state index is 11.9. The molecule has 0 radical (unpaired) electrons. The number of nitrogens with zero attached hydrogens (tertiary/aromatic N) is 2. The summed E-state index contributed by atoms with van der Waals surface area (Å²) in [5, 5.41) is 10.6. The lowest BCUT2D eigenvalue weighted by molar-refractivity contribution is -0.384. The number of carbonyl (C=O) groups is 1. The first-order chi connectivity index (χ1) is 12.1. The van der Waals surface area contributed by atoms with Crippen LogP contribution in [0.15, 0.2) is 73.1 Å². The molecule has 7 heteroatoms. The molecule has 124 valence electrons. The van der Waals surface area contributed by atoms with E-state index in [2.05, 4.69) is 4.98 Å². The van der Waals surface area contributed by atoms with E-state index in [9.17, 15) is 14.9 Å². The summed E-state index contributed by atoms with van der Waals surface area (Å²) in [5.41, 5.74) is 0.395. The van der Waals surface area contributed by atoms with Gasteiger partial charge in [-0.1, -0.05) is 0 Å². The van der Waals surface area contributed by atoms with E-state index in [-0.39, 0.29) is 5.69 Å². The molecule has 0 saturated heterocycles. The summed E-state index contributed by atoms with van der Waals surface area (Å²) >= 11 is 0. The Bertz CT molecular complexity index is 878. The highest BCUT2D eigenvalue weighted by atomic mass is 16.6. The molecule has 0 amide bonds. The molecule has 25 heavy (non-hydrogen) atoms. The van der Waals surface area contributed by atoms with E-state index in [1.54, 1.807) is 36.4 Å². The van der Waals surface area contributed by atoms with Crippen LogP contribution in [0, 0.1) is 10.1 Å². The molecule has 3 aromatic rings. The van der Waals surface area contributed by atoms with Gasteiger partial charge in [-0.05, 0) is 48.5 Å². The molecule has 0 atom stereocenters. The van der Waals surface area contributed by atoms with Gasteiger partial charge in [0.05, 0.1) is 10.5 Å². The van der Waals surface area contributed by atoms with Gasteiger partial charge in [0.1, 0.15) is 17.2 Å². The van der Waals surface area contributed by atoms with Gasteiger partial charge in [0.25, 0.3) is 5.69 Å². The standard InChI is InChI=1S/C18H12N2O5/c21-18(13-9-11-19-12-10-13)25-17-7-5-16(6-8-17)24-15-3-1-14(2-4-15)20(22)23/h1-12H. The van der Waals surface area contributed by atoms with Crippen molar-refractivity contribution in [2.45, 2.75) is 0 Å². The summed E-state index contributed by atoms with van der Waals surface area (Å²) < 4.78 is 10.8. The molecule has 0 fully saturated rings. The summed E-state index contributed by atoms with van der Waals surface area (Å²) in [4.78, 5) is 25.9. The maximum absolute atomic E-state index is 11.9. The number of aromatic nitrogens is 1. The van der Waals surface area contributed by atoms with Crippen LogP contribution in [0.1, 0.15) is 10.4 Å². The van der Waals surface area contributed by atoms with E-state index in [0.29, 0.717) is 22.8 Å². The number of nitro benzene ring substituents is 1. The van der Waals surface area contributed by atoms with E-state index in [1.165, 1.54) is 36.7 Å². The molecule has 1 heterocycles. The molecule has 0 unspecified atom stereocenters. The first kappa shape index (κ1) is 16.1. The molecule has 0 saturated carbocycles. The highest BCUT2D eigenvalue weighted by Gasteiger charge is 2.09. The van der Waals surface area contributed by atoms with Crippen LogP contribution >= 0.6 is 0 Å². The van der Waals surface area contributed by atoms with Crippen molar-refractivity contribution in [2.24, 2.45) is 0 Å². The van der Waals surface area contributed by atoms with E-state index in [0.717, 1.165) is 0 Å². The minimum absolute atomic E-state index is 0.00859. The van der Waals surface area contributed by atoms with Gasteiger partial charge in [0, 0.05) is 24.5 Å². The monoisotopic (exact) mass is 336 g/mol. The largest absolute Gasteiger partial charge is 0.457 e. The zero-order chi connectivity index (χ0) is 17.6. The molecule has 0 aliphatic rings. The second-order valence-electron chi connectivity index (χ2n) is 4.95. The average Bonchev–Trinajstić information content (AvgIpc) is 2.64.